The molecule has 1 saturated heterocycles. The molecule has 0 saturated carbocycles. The third-order valence-electron chi connectivity index (χ3n) is 6.02. The Balaban J connectivity index is 1.50. The second-order valence-electron chi connectivity index (χ2n) is 8.07. The molecule has 0 radical (unpaired) electrons. The Morgan fingerprint density at radius 2 is 1.69 bits per heavy atom. The second-order valence-corrected chi connectivity index (χ2v) is 10.0. The molecule has 1 fully saturated rings. The van der Waals surface area contributed by atoms with Crippen LogP contribution in [0.1, 0.15) is 65.7 Å². The van der Waals surface area contributed by atoms with Gasteiger partial charge in [-0.15, -0.1) is 0 Å². The van der Waals surface area contributed by atoms with Gasteiger partial charge in [-0.3, -0.25) is 4.79 Å². The number of hydrogen-bond acceptors (Lipinski definition) is 3. The Bertz CT molecular complexity index is 1010. The maximum atomic E-state index is 12.8. The number of rotatable bonds is 5. The Hall–Kier alpha value is -2.18. The van der Waals surface area contributed by atoms with Gasteiger partial charge in [-0.05, 0) is 80.3 Å². The van der Waals surface area contributed by atoms with Crippen molar-refractivity contribution in [3.05, 3.63) is 64.7 Å². The predicted molar refractivity (Wildman–Crippen MR) is 113 cm³/mol. The van der Waals surface area contributed by atoms with E-state index in [0.717, 1.165) is 31.2 Å². The summed E-state index contributed by atoms with van der Waals surface area (Å²) in [5, 5.41) is 3.02. The molecule has 2 aromatic carbocycles. The molecule has 2 aliphatic rings. The van der Waals surface area contributed by atoms with E-state index in [2.05, 4.69) is 23.5 Å². The Morgan fingerprint density at radius 1 is 0.966 bits per heavy atom. The van der Waals surface area contributed by atoms with Gasteiger partial charge >= 0.3 is 0 Å². The molecule has 1 atom stereocenters. The van der Waals surface area contributed by atoms with Crippen LogP contribution in [-0.4, -0.2) is 31.7 Å². The van der Waals surface area contributed by atoms with Crippen LogP contribution in [0.15, 0.2) is 47.4 Å². The highest BCUT2D eigenvalue weighted by atomic mass is 32.2. The molecule has 6 heteroatoms. The molecule has 1 N–H and O–H groups in total. The van der Waals surface area contributed by atoms with Crippen molar-refractivity contribution in [3.8, 4) is 0 Å². The molecule has 0 aromatic heterocycles. The fraction of sp³-hybridized carbons (Fsp3) is 0.435. The van der Waals surface area contributed by atoms with Gasteiger partial charge in [0.1, 0.15) is 0 Å². The quantitative estimate of drug-likeness (QED) is 0.811. The van der Waals surface area contributed by atoms with E-state index in [9.17, 15) is 13.2 Å². The van der Waals surface area contributed by atoms with Crippen molar-refractivity contribution < 1.29 is 13.2 Å². The number of fused-ring (bicyclic) bond motifs is 1. The lowest BCUT2D eigenvalue weighted by molar-refractivity contribution is 0.0939. The van der Waals surface area contributed by atoms with Crippen LogP contribution in [0.4, 0.5) is 0 Å². The van der Waals surface area contributed by atoms with Gasteiger partial charge in [0.25, 0.3) is 5.91 Å². The maximum Gasteiger partial charge on any atom is 0.251 e. The fourth-order valence-electron chi connectivity index (χ4n) is 4.26. The highest BCUT2D eigenvalue weighted by molar-refractivity contribution is 7.89. The monoisotopic (exact) mass is 412 g/mol. The number of carbonyl (C=O) groups excluding carboxylic acids is 1. The molecule has 1 unspecified atom stereocenters. The van der Waals surface area contributed by atoms with Crippen molar-refractivity contribution in [1.29, 1.82) is 0 Å². The molecule has 0 bridgehead atoms. The zero-order valence-electron chi connectivity index (χ0n) is 16.9. The Labute approximate surface area is 173 Å². The maximum absolute atomic E-state index is 12.8. The molecule has 0 spiro atoms. The van der Waals surface area contributed by atoms with E-state index in [1.165, 1.54) is 34.3 Å². The van der Waals surface area contributed by atoms with E-state index in [1.54, 1.807) is 18.2 Å². The van der Waals surface area contributed by atoms with E-state index in [1.807, 2.05) is 6.92 Å². The minimum absolute atomic E-state index is 0.145. The van der Waals surface area contributed by atoms with Gasteiger partial charge < -0.3 is 5.32 Å². The van der Waals surface area contributed by atoms with E-state index in [-0.39, 0.29) is 16.8 Å². The summed E-state index contributed by atoms with van der Waals surface area (Å²) in [6, 6.07) is 12.7. The average Bonchev–Trinajstić information content (AvgIpc) is 3.29. The molecule has 154 valence electrons. The molecule has 29 heavy (non-hydrogen) atoms. The van der Waals surface area contributed by atoms with Crippen LogP contribution in [0.5, 0.6) is 0 Å². The minimum atomic E-state index is -3.53. The molecular weight excluding hydrogens is 384 g/mol. The summed E-state index contributed by atoms with van der Waals surface area (Å²) in [4.78, 5) is 13.0. The van der Waals surface area contributed by atoms with Gasteiger partial charge in [0.2, 0.25) is 10.0 Å². The third kappa shape index (κ3) is 4.23. The van der Waals surface area contributed by atoms with Crippen molar-refractivity contribution in [2.24, 2.45) is 0 Å². The number of carbonyl (C=O) groups is 1. The third-order valence-corrected chi connectivity index (χ3v) is 7.91. The van der Waals surface area contributed by atoms with Gasteiger partial charge in [0.05, 0.1) is 10.9 Å². The van der Waals surface area contributed by atoms with Crippen LogP contribution < -0.4 is 5.32 Å². The summed E-state index contributed by atoms with van der Waals surface area (Å²) in [5.74, 6) is -0.256. The lowest BCUT2D eigenvalue weighted by atomic mass is 9.89. The molecule has 2 aromatic rings. The van der Waals surface area contributed by atoms with Gasteiger partial charge in [-0.1, -0.05) is 24.3 Å². The number of amides is 1. The highest BCUT2D eigenvalue weighted by Crippen LogP contribution is 2.25. The number of nitrogens with zero attached hydrogens (tertiary/aromatic N) is 1. The molecule has 1 aliphatic heterocycles. The summed E-state index contributed by atoms with van der Waals surface area (Å²) in [7, 11) is -3.53. The summed E-state index contributed by atoms with van der Waals surface area (Å²) >= 11 is 0. The van der Waals surface area contributed by atoms with Gasteiger partial charge in [0.15, 0.2) is 0 Å². The first kappa shape index (κ1) is 20.1. The van der Waals surface area contributed by atoms with Crippen molar-refractivity contribution >= 4 is 15.9 Å². The molecule has 5 nitrogen and oxygen atoms in total. The van der Waals surface area contributed by atoms with Gasteiger partial charge in [-0.25, -0.2) is 8.42 Å². The zero-order chi connectivity index (χ0) is 20.4. The number of aryl methyl sites for hydroxylation is 2. The summed E-state index contributed by atoms with van der Waals surface area (Å²) in [6.45, 7) is 3.06. The lowest BCUT2D eigenvalue weighted by Gasteiger charge is -2.20. The Morgan fingerprint density at radius 3 is 2.45 bits per heavy atom. The zero-order valence-corrected chi connectivity index (χ0v) is 17.7. The molecule has 1 heterocycles. The van der Waals surface area contributed by atoms with Crippen LogP contribution in [0.25, 0.3) is 0 Å². The van der Waals surface area contributed by atoms with Gasteiger partial charge in [0, 0.05) is 18.7 Å². The first-order valence-electron chi connectivity index (χ1n) is 10.5. The topological polar surface area (TPSA) is 66.5 Å². The minimum Gasteiger partial charge on any atom is -0.346 e. The summed E-state index contributed by atoms with van der Waals surface area (Å²) in [6.07, 6.45) is 6.47. The SMILES string of the molecule is CC(NC(=O)c1cccc(S(=O)(=O)N2CCCC2)c1)c1ccc2c(c1)CCCC2. The standard InChI is InChI=1S/C23H28N2O3S/c1-17(19-12-11-18-7-2-3-8-20(18)15-19)24-23(26)21-9-6-10-22(16-21)29(27,28)25-13-4-5-14-25/h6,9-12,15-17H,2-5,7-8,13-14H2,1H3,(H,24,26). The average molecular weight is 413 g/mol. The van der Waals surface area contributed by atoms with Crippen molar-refractivity contribution in [2.45, 2.75) is 56.4 Å². The smallest absolute Gasteiger partial charge is 0.251 e. The first-order chi connectivity index (χ1) is 13.9. The highest BCUT2D eigenvalue weighted by Gasteiger charge is 2.27. The molecule has 4 rings (SSSR count). The van der Waals surface area contributed by atoms with Gasteiger partial charge in [-0.2, -0.15) is 4.31 Å². The van der Waals surface area contributed by atoms with E-state index in [4.69, 9.17) is 0 Å². The number of nitrogens with one attached hydrogen (secondary N) is 1. The summed E-state index contributed by atoms with van der Waals surface area (Å²) in [5.41, 5.74) is 4.25. The van der Waals surface area contributed by atoms with Crippen LogP contribution in [0.2, 0.25) is 0 Å². The molecular formula is C23H28N2O3S. The normalized spacial score (nSPS) is 18.2. The van der Waals surface area contributed by atoms with E-state index >= 15 is 0 Å². The summed E-state index contributed by atoms with van der Waals surface area (Å²) < 4.78 is 27.1. The van der Waals surface area contributed by atoms with E-state index < -0.39 is 10.0 Å². The van der Waals surface area contributed by atoms with Crippen LogP contribution in [-0.2, 0) is 22.9 Å². The predicted octanol–water partition coefficient (Wildman–Crippen LogP) is 3.84. The Kier molecular flexibility index (Phi) is 5.74. The number of hydrogen-bond donors (Lipinski definition) is 1. The lowest BCUT2D eigenvalue weighted by Crippen LogP contribution is -2.29. The van der Waals surface area contributed by atoms with Crippen LogP contribution >= 0.6 is 0 Å². The first-order valence-corrected chi connectivity index (χ1v) is 11.9. The van der Waals surface area contributed by atoms with Crippen LogP contribution in [0, 0.1) is 0 Å². The molecule has 1 amide bonds. The fourth-order valence-corrected chi connectivity index (χ4v) is 5.82. The molecule has 1 aliphatic carbocycles. The second kappa shape index (κ2) is 8.28. The number of benzene rings is 2. The van der Waals surface area contributed by atoms with Crippen molar-refractivity contribution in [1.82, 2.24) is 9.62 Å². The number of sulfonamides is 1. The largest absolute Gasteiger partial charge is 0.346 e. The van der Waals surface area contributed by atoms with Crippen molar-refractivity contribution in [2.75, 3.05) is 13.1 Å². The van der Waals surface area contributed by atoms with E-state index in [0.29, 0.717) is 18.7 Å². The van der Waals surface area contributed by atoms with Crippen LogP contribution in [0.3, 0.4) is 0 Å². The van der Waals surface area contributed by atoms with Crippen molar-refractivity contribution in [3.63, 3.8) is 0 Å².